The number of ether oxygens (including phenoxy) is 3. The molecule has 0 bridgehead atoms. The minimum absolute atomic E-state index is 0.0179. The Bertz CT molecular complexity index is 1260. The monoisotopic (exact) mass is 477 g/mol. The number of benzene rings is 2. The van der Waals surface area contributed by atoms with E-state index in [2.05, 4.69) is 5.32 Å². The number of hydrogen-bond donors (Lipinski definition) is 1. The zero-order chi connectivity index (χ0) is 24.2. The molecule has 3 aromatic rings. The molecule has 2 aliphatic rings. The Labute approximate surface area is 202 Å². The fourth-order valence-corrected chi connectivity index (χ4v) is 4.31. The van der Waals surface area contributed by atoms with E-state index < -0.39 is 11.7 Å². The second-order valence-electron chi connectivity index (χ2n) is 8.53. The van der Waals surface area contributed by atoms with Crippen LogP contribution in [0.2, 0.25) is 0 Å². The zero-order valence-corrected chi connectivity index (χ0v) is 19.3. The summed E-state index contributed by atoms with van der Waals surface area (Å²) in [7, 11) is 0. The highest BCUT2D eigenvalue weighted by atomic mass is 16.5. The number of amides is 2. The molecule has 1 fully saturated rings. The second kappa shape index (κ2) is 10.2. The van der Waals surface area contributed by atoms with Gasteiger partial charge in [0.2, 0.25) is 5.91 Å². The molecule has 2 aliphatic heterocycles. The molecule has 2 aromatic carbocycles. The summed E-state index contributed by atoms with van der Waals surface area (Å²) in [6.07, 6.45) is 2.42. The predicted octanol–water partition coefficient (Wildman–Crippen LogP) is 2.16. The summed E-state index contributed by atoms with van der Waals surface area (Å²) in [5.74, 6) is 0.0554. The van der Waals surface area contributed by atoms with E-state index in [9.17, 15) is 14.4 Å². The largest absolute Gasteiger partial charge is 0.490 e. The van der Waals surface area contributed by atoms with Gasteiger partial charge in [0, 0.05) is 43.2 Å². The predicted molar refractivity (Wildman–Crippen MR) is 128 cm³/mol. The third-order valence-corrected chi connectivity index (χ3v) is 6.14. The number of hydrogen-bond acceptors (Lipinski definition) is 6. The number of nitrogens with one attached hydrogen (secondary N) is 1. The highest BCUT2D eigenvalue weighted by Crippen LogP contribution is 2.30. The van der Waals surface area contributed by atoms with Gasteiger partial charge in [-0.05, 0) is 23.8 Å². The molecule has 0 saturated carbocycles. The smallest absolute Gasteiger partial charge is 0.295 e. The number of carbonyl (C=O) groups is 3. The molecule has 1 N–H and O–H groups in total. The van der Waals surface area contributed by atoms with Crippen molar-refractivity contribution in [3.05, 3.63) is 59.8 Å². The van der Waals surface area contributed by atoms with E-state index in [4.69, 9.17) is 14.2 Å². The first-order valence-corrected chi connectivity index (χ1v) is 11.7. The van der Waals surface area contributed by atoms with Gasteiger partial charge in [0.25, 0.3) is 11.7 Å². The van der Waals surface area contributed by atoms with E-state index >= 15 is 0 Å². The Morgan fingerprint density at radius 3 is 2.51 bits per heavy atom. The van der Waals surface area contributed by atoms with Crippen molar-refractivity contribution in [2.24, 2.45) is 0 Å². The Morgan fingerprint density at radius 2 is 1.69 bits per heavy atom. The molecule has 1 saturated heterocycles. The molecule has 182 valence electrons. The Kier molecular flexibility index (Phi) is 6.67. The number of Topliss-reactive ketones (excluding diaryl/α,β-unsaturated/α-hetero) is 1. The summed E-state index contributed by atoms with van der Waals surface area (Å²) in [6, 6.07) is 12.9. The number of aromatic nitrogens is 1. The lowest BCUT2D eigenvalue weighted by atomic mass is 10.1. The van der Waals surface area contributed by atoms with E-state index in [1.165, 1.54) is 4.90 Å². The molecule has 0 unspecified atom stereocenters. The van der Waals surface area contributed by atoms with Gasteiger partial charge in [-0.1, -0.05) is 24.3 Å². The molecular weight excluding hydrogens is 450 g/mol. The molecule has 9 nitrogen and oxygen atoms in total. The standard InChI is InChI=1S/C26H27N3O6/c30-24(27-15-18-6-7-22-23(14-18)35-11-3-10-34-22)17-29-16-20(19-4-1-2-5-21(19)29)25(31)26(32)28-8-12-33-13-9-28/h1-2,4-7,14,16H,3,8-13,15,17H2,(H,27,30). The van der Waals surface area contributed by atoms with E-state index in [0.29, 0.717) is 68.5 Å². The van der Waals surface area contributed by atoms with Crippen LogP contribution in [-0.2, 0) is 27.4 Å². The van der Waals surface area contributed by atoms with Crippen LogP contribution in [0, 0.1) is 0 Å². The summed E-state index contributed by atoms with van der Waals surface area (Å²) in [6.45, 7) is 3.20. The maximum atomic E-state index is 13.0. The quantitative estimate of drug-likeness (QED) is 0.432. The van der Waals surface area contributed by atoms with Crippen molar-refractivity contribution >= 4 is 28.5 Å². The van der Waals surface area contributed by atoms with Gasteiger partial charge in [-0.25, -0.2) is 0 Å². The lowest BCUT2D eigenvalue weighted by molar-refractivity contribution is -0.130. The van der Waals surface area contributed by atoms with Gasteiger partial charge in [0.15, 0.2) is 11.5 Å². The lowest BCUT2D eigenvalue weighted by Crippen LogP contribution is -2.44. The van der Waals surface area contributed by atoms with E-state index in [-0.39, 0.29) is 12.5 Å². The molecule has 0 spiro atoms. The van der Waals surface area contributed by atoms with Crippen molar-refractivity contribution in [2.45, 2.75) is 19.5 Å². The molecule has 0 atom stereocenters. The number of nitrogens with zero attached hydrogens (tertiary/aromatic N) is 2. The normalized spacial score (nSPS) is 15.5. The first-order chi connectivity index (χ1) is 17.1. The minimum atomic E-state index is -0.575. The Balaban J connectivity index is 1.28. The van der Waals surface area contributed by atoms with Gasteiger partial charge >= 0.3 is 0 Å². The van der Waals surface area contributed by atoms with Crippen molar-refractivity contribution in [3.8, 4) is 11.5 Å². The molecule has 2 amide bonds. The van der Waals surface area contributed by atoms with Gasteiger partial charge in [0.05, 0.1) is 32.0 Å². The van der Waals surface area contributed by atoms with Crippen molar-refractivity contribution in [1.29, 1.82) is 0 Å². The molecule has 5 rings (SSSR count). The summed E-state index contributed by atoms with van der Waals surface area (Å²) in [5.41, 5.74) is 1.91. The Hall–Kier alpha value is -3.85. The van der Waals surface area contributed by atoms with Crippen molar-refractivity contribution < 1.29 is 28.6 Å². The number of fused-ring (bicyclic) bond motifs is 2. The maximum absolute atomic E-state index is 13.0. The number of para-hydroxylation sites is 1. The number of rotatable bonds is 6. The number of ketones is 1. The lowest BCUT2D eigenvalue weighted by Gasteiger charge is -2.25. The molecule has 1 aromatic heterocycles. The zero-order valence-electron chi connectivity index (χ0n) is 19.3. The van der Waals surface area contributed by atoms with Crippen molar-refractivity contribution in [1.82, 2.24) is 14.8 Å². The summed E-state index contributed by atoms with van der Waals surface area (Å²) >= 11 is 0. The molecule has 0 aliphatic carbocycles. The van der Waals surface area contributed by atoms with Crippen molar-refractivity contribution in [2.75, 3.05) is 39.5 Å². The highest BCUT2D eigenvalue weighted by Gasteiger charge is 2.27. The average molecular weight is 478 g/mol. The maximum Gasteiger partial charge on any atom is 0.295 e. The minimum Gasteiger partial charge on any atom is -0.490 e. The van der Waals surface area contributed by atoms with Crippen LogP contribution in [0.25, 0.3) is 10.9 Å². The molecule has 0 radical (unpaired) electrons. The van der Waals surface area contributed by atoms with Crippen LogP contribution in [-0.4, -0.2) is 66.6 Å². The summed E-state index contributed by atoms with van der Waals surface area (Å²) in [4.78, 5) is 40.1. The third kappa shape index (κ3) is 5.00. The molecule has 35 heavy (non-hydrogen) atoms. The van der Waals surface area contributed by atoms with E-state index in [0.717, 1.165) is 17.5 Å². The first kappa shape index (κ1) is 22.9. The van der Waals surface area contributed by atoms with E-state index in [1.54, 1.807) is 16.8 Å². The van der Waals surface area contributed by atoms with Crippen LogP contribution in [0.15, 0.2) is 48.7 Å². The topological polar surface area (TPSA) is 99.1 Å². The highest BCUT2D eigenvalue weighted by molar-refractivity contribution is 6.44. The molecule has 9 heteroatoms. The van der Waals surface area contributed by atoms with E-state index in [1.807, 2.05) is 36.4 Å². The van der Waals surface area contributed by atoms with Gasteiger partial charge < -0.3 is 29.0 Å². The average Bonchev–Trinajstić information content (AvgIpc) is 3.08. The van der Waals surface area contributed by atoms with Crippen LogP contribution in [0.3, 0.4) is 0 Å². The van der Waals surface area contributed by atoms with Crippen LogP contribution in [0.5, 0.6) is 11.5 Å². The van der Waals surface area contributed by atoms with Gasteiger partial charge in [-0.3, -0.25) is 14.4 Å². The van der Waals surface area contributed by atoms with Crippen LogP contribution < -0.4 is 14.8 Å². The first-order valence-electron chi connectivity index (χ1n) is 11.7. The van der Waals surface area contributed by atoms with Crippen LogP contribution >= 0.6 is 0 Å². The fraction of sp³-hybridized carbons (Fsp3) is 0.346. The Morgan fingerprint density at radius 1 is 0.914 bits per heavy atom. The van der Waals surface area contributed by atoms with Gasteiger partial charge in [-0.2, -0.15) is 0 Å². The summed E-state index contributed by atoms with van der Waals surface area (Å²) in [5, 5.41) is 3.57. The fourth-order valence-electron chi connectivity index (χ4n) is 4.31. The van der Waals surface area contributed by atoms with Gasteiger partial charge in [0.1, 0.15) is 6.54 Å². The third-order valence-electron chi connectivity index (χ3n) is 6.14. The second-order valence-corrected chi connectivity index (χ2v) is 8.53. The van der Waals surface area contributed by atoms with Gasteiger partial charge in [-0.15, -0.1) is 0 Å². The molecule has 3 heterocycles. The number of carbonyl (C=O) groups excluding carboxylic acids is 3. The summed E-state index contributed by atoms with van der Waals surface area (Å²) < 4.78 is 18.3. The van der Waals surface area contributed by atoms with Crippen molar-refractivity contribution in [3.63, 3.8) is 0 Å². The van der Waals surface area contributed by atoms with Crippen LogP contribution in [0.4, 0.5) is 0 Å². The SMILES string of the molecule is O=C(Cn1cc(C(=O)C(=O)N2CCOCC2)c2ccccc21)NCc1ccc2c(c1)OCCCO2. The van der Waals surface area contributed by atoms with Crippen LogP contribution in [0.1, 0.15) is 22.3 Å². The number of morpholine rings is 1. The molecular formula is C26H27N3O6.